The third-order valence-corrected chi connectivity index (χ3v) is 4.73. The van der Waals surface area contributed by atoms with E-state index in [0.29, 0.717) is 5.75 Å². The van der Waals surface area contributed by atoms with Crippen molar-refractivity contribution in [2.45, 2.75) is 37.1 Å². The Morgan fingerprint density at radius 1 is 1.17 bits per heavy atom. The minimum Gasteiger partial charge on any atom is -0.496 e. The summed E-state index contributed by atoms with van der Waals surface area (Å²) < 4.78 is 31.3. The van der Waals surface area contributed by atoms with Crippen molar-refractivity contribution in [3.63, 3.8) is 0 Å². The van der Waals surface area contributed by atoms with Crippen LogP contribution in [-0.4, -0.2) is 35.6 Å². The number of hydrogen-bond acceptors (Lipinski definition) is 3. The van der Waals surface area contributed by atoms with E-state index in [2.05, 4.69) is 5.32 Å². The first-order valence-corrected chi connectivity index (χ1v) is 7.28. The first kappa shape index (κ1) is 15.7. The fourth-order valence-electron chi connectivity index (χ4n) is 3.93. The Morgan fingerprint density at radius 3 is 2.30 bits per heavy atom. The molecule has 0 radical (unpaired) electrons. The Morgan fingerprint density at radius 2 is 1.78 bits per heavy atom. The molecule has 124 valence electrons. The van der Waals surface area contributed by atoms with E-state index in [1.165, 1.54) is 13.2 Å². The molecule has 0 saturated heterocycles. The monoisotopic (exact) mass is 325 g/mol. The molecule has 5 nitrogen and oxygen atoms in total. The lowest BCUT2D eigenvalue weighted by Crippen LogP contribution is -2.71. The first-order chi connectivity index (χ1) is 10.7. The minimum atomic E-state index is -2.71. The summed E-state index contributed by atoms with van der Waals surface area (Å²) in [6.07, 6.45) is -0.545. The van der Waals surface area contributed by atoms with Gasteiger partial charge >= 0.3 is 5.97 Å². The van der Waals surface area contributed by atoms with E-state index < -0.39 is 28.8 Å². The molecule has 2 aliphatic carbocycles. The van der Waals surface area contributed by atoms with E-state index in [0.717, 1.165) is 0 Å². The summed E-state index contributed by atoms with van der Waals surface area (Å²) in [5, 5.41) is 12.0. The molecule has 0 heterocycles. The van der Waals surface area contributed by atoms with Gasteiger partial charge in [0.1, 0.15) is 11.3 Å². The summed E-state index contributed by atoms with van der Waals surface area (Å²) in [6, 6.07) is 6.45. The number of rotatable bonds is 4. The van der Waals surface area contributed by atoms with Gasteiger partial charge in [-0.2, -0.15) is 0 Å². The molecule has 1 aromatic rings. The zero-order valence-corrected chi connectivity index (χ0v) is 12.6. The van der Waals surface area contributed by atoms with E-state index in [9.17, 15) is 23.5 Å². The van der Waals surface area contributed by atoms with Gasteiger partial charge in [0.05, 0.1) is 12.7 Å². The van der Waals surface area contributed by atoms with Crippen molar-refractivity contribution < 1.29 is 28.2 Å². The van der Waals surface area contributed by atoms with E-state index in [4.69, 9.17) is 4.74 Å². The number of carboxylic acids is 1. The summed E-state index contributed by atoms with van der Waals surface area (Å²) in [4.78, 5) is 24.0. The van der Waals surface area contributed by atoms with Crippen LogP contribution in [0.25, 0.3) is 0 Å². The van der Waals surface area contributed by atoms with E-state index >= 15 is 0 Å². The van der Waals surface area contributed by atoms with Crippen LogP contribution in [-0.2, 0) is 4.79 Å². The van der Waals surface area contributed by atoms with Gasteiger partial charge in [-0.25, -0.2) is 13.6 Å². The maximum atomic E-state index is 13.1. The predicted molar refractivity (Wildman–Crippen MR) is 76.7 cm³/mol. The number of nitrogens with one attached hydrogen (secondary N) is 1. The second kappa shape index (κ2) is 4.91. The Hall–Kier alpha value is -2.18. The van der Waals surface area contributed by atoms with Crippen LogP contribution in [0.5, 0.6) is 5.75 Å². The lowest BCUT2D eigenvalue weighted by molar-refractivity contribution is -0.220. The molecule has 7 heteroatoms. The summed E-state index contributed by atoms with van der Waals surface area (Å²) in [7, 11) is 1.41. The molecule has 0 aromatic heterocycles. The van der Waals surface area contributed by atoms with Crippen molar-refractivity contribution in [3.05, 3.63) is 29.8 Å². The van der Waals surface area contributed by atoms with Gasteiger partial charge < -0.3 is 15.2 Å². The highest BCUT2D eigenvalue weighted by Gasteiger charge is 2.69. The maximum Gasteiger partial charge on any atom is 0.329 e. The van der Waals surface area contributed by atoms with E-state index in [-0.39, 0.29) is 31.2 Å². The zero-order valence-electron chi connectivity index (χ0n) is 12.6. The normalized spacial score (nSPS) is 22.6. The average Bonchev–Trinajstić information content (AvgIpc) is 2.42. The van der Waals surface area contributed by atoms with Crippen LogP contribution in [0.2, 0.25) is 0 Å². The SMILES string of the molecule is COc1ccccc1C(=O)NC1(C(=O)O)CC2(CC(F)(F)C2)C1. The number of aliphatic carboxylic acids is 1. The molecule has 1 spiro atoms. The molecule has 23 heavy (non-hydrogen) atoms. The highest BCUT2D eigenvalue weighted by atomic mass is 19.3. The smallest absolute Gasteiger partial charge is 0.329 e. The number of carbonyl (C=O) groups is 2. The van der Waals surface area contributed by atoms with E-state index in [1.807, 2.05) is 0 Å². The third kappa shape index (κ3) is 2.54. The Balaban J connectivity index is 1.75. The van der Waals surface area contributed by atoms with Crippen LogP contribution in [0.3, 0.4) is 0 Å². The molecule has 0 bridgehead atoms. The fourth-order valence-corrected chi connectivity index (χ4v) is 3.93. The maximum absolute atomic E-state index is 13.1. The molecule has 0 aliphatic heterocycles. The van der Waals surface area contributed by atoms with Crippen molar-refractivity contribution in [1.29, 1.82) is 0 Å². The van der Waals surface area contributed by atoms with Gasteiger partial charge in [0.2, 0.25) is 5.92 Å². The summed E-state index contributed by atoms with van der Waals surface area (Å²) in [5.41, 5.74) is -1.92. The van der Waals surface area contributed by atoms with Crippen LogP contribution in [0, 0.1) is 5.41 Å². The molecule has 0 atom stereocenters. The van der Waals surface area contributed by atoms with Crippen molar-refractivity contribution in [2.24, 2.45) is 5.41 Å². The van der Waals surface area contributed by atoms with Gasteiger partial charge in [0, 0.05) is 12.8 Å². The van der Waals surface area contributed by atoms with Crippen molar-refractivity contribution in [1.82, 2.24) is 5.32 Å². The third-order valence-electron chi connectivity index (χ3n) is 4.73. The van der Waals surface area contributed by atoms with Gasteiger partial charge in [-0.3, -0.25) is 4.79 Å². The molecule has 2 saturated carbocycles. The Labute approximate surface area is 131 Å². The Kier molecular flexibility index (Phi) is 3.35. The number of methoxy groups -OCH3 is 1. The van der Waals surface area contributed by atoms with Gasteiger partial charge in [-0.15, -0.1) is 0 Å². The number of amides is 1. The lowest BCUT2D eigenvalue weighted by atomic mass is 9.47. The largest absolute Gasteiger partial charge is 0.496 e. The number of carboxylic acid groups (broad SMARTS) is 1. The Bertz CT molecular complexity index is 658. The van der Waals surface area contributed by atoms with E-state index in [1.54, 1.807) is 18.2 Å². The van der Waals surface area contributed by atoms with Crippen molar-refractivity contribution in [3.8, 4) is 5.75 Å². The topological polar surface area (TPSA) is 75.6 Å². The summed E-state index contributed by atoms with van der Waals surface area (Å²) in [5.74, 6) is -4.15. The molecule has 2 aliphatic rings. The van der Waals surface area contributed by atoms with Crippen molar-refractivity contribution >= 4 is 11.9 Å². The number of alkyl halides is 2. The van der Waals surface area contributed by atoms with Gasteiger partial charge in [0.25, 0.3) is 5.91 Å². The molecule has 1 aromatic carbocycles. The quantitative estimate of drug-likeness (QED) is 0.892. The van der Waals surface area contributed by atoms with Crippen LogP contribution < -0.4 is 10.1 Å². The minimum absolute atomic E-state index is 0.0335. The van der Waals surface area contributed by atoms with Crippen LogP contribution in [0.15, 0.2) is 24.3 Å². The predicted octanol–water partition coefficient (Wildman–Crippen LogP) is 2.46. The number of carbonyl (C=O) groups excluding carboxylic acids is 1. The molecule has 3 rings (SSSR count). The second-order valence-electron chi connectivity index (χ2n) is 6.60. The molecule has 2 fully saturated rings. The van der Waals surface area contributed by atoms with Gasteiger partial charge in [0.15, 0.2) is 0 Å². The number of ether oxygens (including phenoxy) is 1. The highest BCUT2D eigenvalue weighted by molar-refractivity contribution is 6.00. The lowest BCUT2D eigenvalue weighted by Gasteiger charge is -2.61. The van der Waals surface area contributed by atoms with Crippen LogP contribution >= 0.6 is 0 Å². The standard InChI is InChI=1S/C16H17F2NO4/c1-23-11-5-3-2-4-10(11)12(20)19-15(13(21)22)6-14(7-15)8-16(17,18)9-14/h2-5H,6-9H2,1H3,(H,19,20)(H,21,22). The zero-order chi connectivity index (χ0) is 16.9. The summed E-state index contributed by atoms with van der Waals surface area (Å²) >= 11 is 0. The molecule has 2 N–H and O–H groups in total. The molecular formula is C16H17F2NO4. The molecule has 1 amide bonds. The first-order valence-electron chi connectivity index (χ1n) is 7.28. The van der Waals surface area contributed by atoms with Crippen molar-refractivity contribution in [2.75, 3.05) is 7.11 Å². The number of halogens is 2. The highest BCUT2D eigenvalue weighted by Crippen LogP contribution is 2.65. The second-order valence-corrected chi connectivity index (χ2v) is 6.60. The number of benzene rings is 1. The van der Waals surface area contributed by atoms with Gasteiger partial charge in [-0.05, 0) is 30.4 Å². The average molecular weight is 325 g/mol. The van der Waals surface area contributed by atoms with Crippen LogP contribution in [0.4, 0.5) is 8.78 Å². The van der Waals surface area contributed by atoms with Gasteiger partial charge in [-0.1, -0.05) is 12.1 Å². The summed E-state index contributed by atoms with van der Waals surface area (Å²) in [6.45, 7) is 0. The molecule has 0 unspecified atom stereocenters. The fraction of sp³-hybridized carbons (Fsp3) is 0.500. The van der Waals surface area contributed by atoms with Crippen LogP contribution in [0.1, 0.15) is 36.0 Å². The molecular weight excluding hydrogens is 308 g/mol. The number of hydrogen-bond donors (Lipinski definition) is 2. The number of para-hydroxylation sites is 1.